The molecule has 0 saturated carbocycles. The number of aliphatic hydroxyl groups is 1. The molecule has 11 heteroatoms. The highest BCUT2D eigenvalue weighted by atomic mass is 79.9. The Morgan fingerprint density at radius 3 is 2.50 bits per heavy atom. The van der Waals surface area contributed by atoms with Gasteiger partial charge in [0.2, 0.25) is 5.91 Å². The van der Waals surface area contributed by atoms with E-state index in [1.807, 2.05) is 54.6 Å². The molecule has 0 aliphatic carbocycles. The monoisotopic (exact) mass is 749 g/mol. The largest absolute Gasteiger partial charge is 0.492 e. The topological polar surface area (TPSA) is 119 Å². The molecular weight excluding hydrogens is 705 g/mol. The lowest BCUT2D eigenvalue weighted by Gasteiger charge is -2.45. The summed E-state index contributed by atoms with van der Waals surface area (Å²) in [4.78, 5) is 42.5. The van der Waals surface area contributed by atoms with Gasteiger partial charge in [0.1, 0.15) is 11.6 Å². The Morgan fingerprint density at radius 1 is 1.08 bits per heavy atom. The number of piperazine rings is 1. The number of fused-ring (bicyclic) bond motifs is 2. The number of nitrogens with zero attached hydrogens (tertiary/aromatic N) is 2. The maximum absolute atomic E-state index is 14.3. The quantitative estimate of drug-likeness (QED) is 0.173. The number of benzene rings is 3. The van der Waals surface area contributed by atoms with Gasteiger partial charge in [-0.15, -0.1) is 0 Å². The number of amides is 2. The lowest BCUT2D eigenvalue weighted by atomic mass is 9.82. The first-order valence-electron chi connectivity index (χ1n) is 17.0. The third-order valence-electron chi connectivity index (χ3n) is 9.57. The fraction of sp³-hybridized carbons (Fsp3) is 0.410. The van der Waals surface area contributed by atoms with Crippen LogP contribution < -0.4 is 10.1 Å². The van der Waals surface area contributed by atoms with Crippen LogP contribution in [0.5, 0.6) is 5.75 Å². The fourth-order valence-corrected chi connectivity index (χ4v) is 6.86. The second kappa shape index (κ2) is 16.3. The molecule has 1 saturated heterocycles. The zero-order valence-corrected chi connectivity index (χ0v) is 30.3. The van der Waals surface area contributed by atoms with E-state index in [9.17, 15) is 29.0 Å². The molecule has 2 amide bonds. The normalized spacial score (nSPS) is 18.1. The summed E-state index contributed by atoms with van der Waals surface area (Å²) in [7, 11) is 1.68. The molecule has 266 valence electrons. The average Bonchev–Trinajstić information content (AvgIpc) is 3.10. The Hall–Kier alpha value is -4.06. The summed E-state index contributed by atoms with van der Waals surface area (Å²) in [5, 5.41) is 24.0. The second-order valence-corrected chi connectivity index (χ2v) is 14.7. The summed E-state index contributed by atoms with van der Waals surface area (Å²) < 4.78 is 20.1. The molecule has 3 aromatic rings. The summed E-state index contributed by atoms with van der Waals surface area (Å²) in [6.45, 7) is 4.48. The molecule has 9 nitrogen and oxygen atoms in total. The van der Waals surface area contributed by atoms with Crippen LogP contribution in [0.1, 0.15) is 62.3 Å². The molecule has 3 N–H and O–H groups in total. The highest BCUT2D eigenvalue weighted by Crippen LogP contribution is 2.35. The Labute approximate surface area is 301 Å². The van der Waals surface area contributed by atoms with E-state index in [0.717, 1.165) is 29.5 Å². The molecule has 50 heavy (non-hydrogen) atoms. The fourth-order valence-electron chi connectivity index (χ4n) is 6.50. The number of rotatable bonds is 14. The van der Waals surface area contributed by atoms with Crippen molar-refractivity contribution in [2.24, 2.45) is 5.41 Å². The lowest BCUT2D eigenvalue weighted by Crippen LogP contribution is -2.62. The van der Waals surface area contributed by atoms with E-state index < -0.39 is 23.5 Å². The summed E-state index contributed by atoms with van der Waals surface area (Å²) in [5.41, 5.74) is 3.19. The van der Waals surface area contributed by atoms with Crippen LogP contribution >= 0.6 is 15.9 Å². The van der Waals surface area contributed by atoms with Gasteiger partial charge in [-0.25, -0.2) is 4.39 Å². The SMILES string of the molecule is CN(C[C@H](O)c1ccccc1)C(=O)C1=C(c2ccc(CCCOc3cc(F)ccc3Br)cc2)C[C@@H]2CN(C(=O)CCC(C)(C)C(=O)O)C[C@H]1N2. The van der Waals surface area contributed by atoms with Gasteiger partial charge in [-0.2, -0.15) is 0 Å². The summed E-state index contributed by atoms with van der Waals surface area (Å²) in [6, 6.07) is 21.2. The van der Waals surface area contributed by atoms with Gasteiger partial charge in [-0.05, 0) is 89.9 Å². The minimum atomic E-state index is -1.02. The van der Waals surface area contributed by atoms with Gasteiger partial charge < -0.3 is 30.1 Å². The van der Waals surface area contributed by atoms with Gasteiger partial charge in [0, 0.05) is 44.2 Å². The van der Waals surface area contributed by atoms with Crippen LogP contribution in [0.4, 0.5) is 4.39 Å². The van der Waals surface area contributed by atoms with Crippen LogP contribution in [0.25, 0.3) is 5.57 Å². The number of aliphatic hydroxyl groups excluding tert-OH is 1. The van der Waals surface area contributed by atoms with E-state index in [1.54, 1.807) is 31.9 Å². The average molecular weight is 751 g/mol. The summed E-state index contributed by atoms with van der Waals surface area (Å²) >= 11 is 3.39. The van der Waals surface area contributed by atoms with E-state index in [-0.39, 0.29) is 49.6 Å². The van der Waals surface area contributed by atoms with Crippen molar-refractivity contribution in [2.75, 3.05) is 33.3 Å². The van der Waals surface area contributed by atoms with Gasteiger partial charge in [0.05, 0.1) is 35.2 Å². The van der Waals surface area contributed by atoms with Crippen molar-refractivity contribution >= 4 is 39.3 Å². The number of ether oxygens (including phenoxy) is 1. The van der Waals surface area contributed by atoms with Crippen LogP contribution in [-0.4, -0.2) is 83.2 Å². The smallest absolute Gasteiger partial charge is 0.309 e. The Morgan fingerprint density at radius 2 is 1.80 bits per heavy atom. The van der Waals surface area contributed by atoms with Gasteiger partial charge in [0.25, 0.3) is 5.91 Å². The number of halogens is 2. The number of carboxylic acids is 1. The van der Waals surface area contributed by atoms with Crippen molar-refractivity contribution in [3.63, 3.8) is 0 Å². The van der Waals surface area contributed by atoms with Crippen molar-refractivity contribution in [1.29, 1.82) is 0 Å². The van der Waals surface area contributed by atoms with E-state index in [2.05, 4.69) is 21.2 Å². The molecule has 3 atom stereocenters. The second-order valence-electron chi connectivity index (χ2n) is 13.8. The van der Waals surface area contributed by atoms with Crippen molar-refractivity contribution in [2.45, 2.75) is 64.1 Å². The van der Waals surface area contributed by atoms with Crippen LogP contribution in [0.2, 0.25) is 0 Å². The van der Waals surface area contributed by atoms with Crippen molar-refractivity contribution in [3.05, 3.63) is 105 Å². The van der Waals surface area contributed by atoms with Crippen LogP contribution in [0, 0.1) is 11.2 Å². The summed E-state index contributed by atoms with van der Waals surface area (Å²) in [6.07, 6.45) is 1.45. The number of carboxylic acid groups (broad SMARTS) is 1. The van der Waals surface area contributed by atoms with E-state index in [1.165, 1.54) is 17.0 Å². The molecule has 0 spiro atoms. The first kappa shape index (κ1) is 37.2. The van der Waals surface area contributed by atoms with Crippen LogP contribution in [-0.2, 0) is 20.8 Å². The van der Waals surface area contributed by atoms with Crippen molar-refractivity contribution in [1.82, 2.24) is 15.1 Å². The van der Waals surface area contributed by atoms with Crippen LogP contribution in [0.3, 0.4) is 0 Å². The maximum Gasteiger partial charge on any atom is 0.309 e. The van der Waals surface area contributed by atoms with Gasteiger partial charge in [-0.3, -0.25) is 14.4 Å². The van der Waals surface area contributed by atoms with E-state index in [0.29, 0.717) is 40.9 Å². The number of hydrogen-bond acceptors (Lipinski definition) is 6. The highest BCUT2D eigenvalue weighted by molar-refractivity contribution is 9.10. The number of carbonyl (C=O) groups is 3. The number of nitrogens with one attached hydrogen (secondary N) is 1. The molecule has 0 unspecified atom stereocenters. The molecule has 2 bridgehead atoms. The highest BCUT2D eigenvalue weighted by Gasteiger charge is 2.41. The minimum absolute atomic E-state index is 0.0871. The first-order chi connectivity index (χ1) is 23.8. The third kappa shape index (κ3) is 9.18. The number of hydrogen-bond donors (Lipinski definition) is 3. The van der Waals surface area contributed by atoms with Gasteiger partial charge in [-0.1, -0.05) is 54.6 Å². The Bertz CT molecular complexity index is 1710. The van der Waals surface area contributed by atoms with Gasteiger partial charge >= 0.3 is 5.97 Å². The molecule has 0 radical (unpaired) electrons. The van der Waals surface area contributed by atoms with Crippen molar-refractivity contribution in [3.8, 4) is 5.75 Å². The first-order valence-corrected chi connectivity index (χ1v) is 17.8. The molecule has 2 heterocycles. The predicted molar refractivity (Wildman–Crippen MR) is 193 cm³/mol. The minimum Gasteiger partial charge on any atom is -0.492 e. The molecule has 2 aliphatic rings. The standard InChI is InChI=1S/C39H45BrFN3O6/c1-39(2,38(48)49)18-17-35(46)44-22-29-21-30(26-13-11-25(12-14-26)8-7-19-50-34-20-28(41)15-16-31(34)40)36(32(23-44)42-29)37(47)43(3)24-33(45)27-9-5-4-6-10-27/h4-6,9-16,20,29,32-33,42,45H,7-8,17-19,21-24H2,1-3H3,(H,48,49)/t29-,32-,33+/m1/s1. The molecule has 0 aromatic heterocycles. The number of aliphatic carboxylic acids is 1. The number of carbonyl (C=O) groups excluding carboxylic acids is 2. The maximum atomic E-state index is 14.3. The number of likely N-dealkylation sites (N-methyl/N-ethyl adjacent to an activating group) is 1. The lowest BCUT2D eigenvalue weighted by molar-refractivity contribution is -0.148. The molecule has 3 aromatic carbocycles. The van der Waals surface area contributed by atoms with Crippen molar-refractivity contribution < 1.29 is 33.7 Å². The third-order valence-corrected chi connectivity index (χ3v) is 10.2. The summed E-state index contributed by atoms with van der Waals surface area (Å²) in [5.74, 6) is -1.19. The molecular formula is C39H45BrFN3O6. The van der Waals surface area contributed by atoms with E-state index >= 15 is 0 Å². The van der Waals surface area contributed by atoms with Gasteiger partial charge in [0.15, 0.2) is 0 Å². The zero-order valence-electron chi connectivity index (χ0n) is 28.7. The predicted octanol–water partition coefficient (Wildman–Crippen LogP) is 6.01. The Balaban J connectivity index is 1.33. The molecule has 2 aliphatic heterocycles. The molecule has 1 fully saturated rings. The molecule has 5 rings (SSSR count). The Kier molecular flexibility index (Phi) is 12.1. The van der Waals surface area contributed by atoms with E-state index in [4.69, 9.17) is 4.74 Å². The van der Waals surface area contributed by atoms with Crippen LogP contribution in [0.15, 0.2) is 82.8 Å². The number of aryl methyl sites for hydroxylation is 1. The zero-order chi connectivity index (χ0) is 36.0.